The first-order chi connectivity index (χ1) is 8.77. The molecule has 4 nitrogen and oxygen atoms in total. The summed E-state index contributed by atoms with van der Waals surface area (Å²) in [5.41, 5.74) is 0.694. The molecular formula is C14H15NO3. The zero-order valence-electron chi connectivity index (χ0n) is 10.0. The molecule has 1 aliphatic rings. The average Bonchev–Trinajstić information content (AvgIpc) is 2.46. The molecule has 1 N–H and O–H groups in total. The highest BCUT2D eigenvalue weighted by atomic mass is 16.5. The minimum absolute atomic E-state index is 0.256. The van der Waals surface area contributed by atoms with Gasteiger partial charge in [0, 0.05) is 13.1 Å². The monoisotopic (exact) mass is 245 g/mol. The van der Waals surface area contributed by atoms with Gasteiger partial charge in [0.15, 0.2) is 0 Å². The molecule has 1 saturated heterocycles. The topological polar surface area (TPSA) is 49.8 Å². The van der Waals surface area contributed by atoms with E-state index in [-0.39, 0.29) is 5.91 Å². The van der Waals surface area contributed by atoms with Crippen molar-refractivity contribution in [1.82, 2.24) is 4.90 Å². The highest BCUT2D eigenvalue weighted by Crippen LogP contribution is 2.10. The molecule has 4 heteroatoms. The van der Waals surface area contributed by atoms with Crippen LogP contribution in [0.15, 0.2) is 30.3 Å². The highest BCUT2D eigenvalue weighted by Gasteiger charge is 2.14. The van der Waals surface area contributed by atoms with E-state index in [0.29, 0.717) is 31.9 Å². The molecule has 94 valence electrons. The Hall–Kier alpha value is -1.83. The van der Waals surface area contributed by atoms with Gasteiger partial charge in [-0.25, -0.2) is 0 Å². The van der Waals surface area contributed by atoms with Gasteiger partial charge < -0.3 is 14.7 Å². The molecule has 0 radical (unpaired) electrons. The van der Waals surface area contributed by atoms with Gasteiger partial charge in [0.05, 0.1) is 13.2 Å². The predicted molar refractivity (Wildman–Crippen MR) is 66.6 cm³/mol. The summed E-state index contributed by atoms with van der Waals surface area (Å²) in [6.07, 6.45) is -0.920. The number of aliphatic hydroxyl groups excluding tert-OH is 1. The molecule has 2 rings (SSSR count). The van der Waals surface area contributed by atoms with Gasteiger partial charge >= 0.3 is 0 Å². The standard InChI is InChI=1S/C14H15NO3/c16-13(12-4-2-1-3-5-12)6-7-14(17)15-8-10-18-11-9-15/h1-5,13,16H,8-11H2. The Morgan fingerprint density at radius 3 is 2.61 bits per heavy atom. The van der Waals surface area contributed by atoms with E-state index in [1.165, 1.54) is 0 Å². The van der Waals surface area contributed by atoms with Crippen molar-refractivity contribution in [2.75, 3.05) is 26.3 Å². The number of aliphatic hydroxyl groups is 1. The van der Waals surface area contributed by atoms with E-state index in [9.17, 15) is 9.90 Å². The van der Waals surface area contributed by atoms with E-state index < -0.39 is 6.10 Å². The fraction of sp³-hybridized carbons (Fsp3) is 0.357. The van der Waals surface area contributed by atoms with Crippen molar-refractivity contribution in [3.8, 4) is 11.8 Å². The van der Waals surface area contributed by atoms with Crippen LogP contribution >= 0.6 is 0 Å². The van der Waals surface area contributed by atoms with Gasteiger partial charge in [-0.2, -0.15) is 0 Å². The lowest BCUT2D eigenvalue weighted by molar-refractivity contribution is -0.129. The molecular weight excluding hydrogens is 230 g/mol. The molecule has 1 aromatic rings. The predicted octanol–water partition coefficient (Wildman–Crippen LogP) is 0.582. The van der Waals surface area contributed by atoms with Crippen molar-refractivity contribution in [2.45, 2.75) is 6.10 Å². The van der Waals surface area contributed by atoms with Crippen LogP contribution in [0.1, 0.15) is 11.7 Å². The second-order valence-corrected chi connectivity index (χ2v) is 3.99. The molecule has 0 aromatic heterocycles. The van der Waals surface area contributed by atoms with E-state index in [1.807, 2.05) is 18.2 Å². The van der Waals surface area contributed by atoms with Crippen LogP contribution in [0, 0.1) is 11.8 Å². The summed E-state index contributed by atoms with van der Waals surface area (Å²) in [5.74, 6) is 4.80. The van der Waals surface area contributed by atoms with E-state index >= 15 is 0 Å². The molecule has 1 fully saturated rings. The maximum atomic E-state index is 11.7. The molecule has 1 aliphatic heterocycles. The first-order valence-electron chi connectivity index (χ1n) is 5.88. The molecule has 1 heterocycles. The number of carbonyl (C=O) groups is 1. The quantitative estimate of drug-likeness (QED) is 0.736. The zero-order chi connectivity index (χ0) is 12.8. The second-order valence-electron chi connectivity index (χ2n) is 3.99. The second kappa shape index (κ2) is 6.20. The molecule has 0 aliphatic carbocycles. The van der Waals surface area contributed by atoms with Gasteiger partial charge in [0.1, 0.15) is 6.10 Å². The van der Waals surface area contributed by atoms with Crippen molar-refractivity contribution in [3.05, 3.63) is 35.9 Å². The summed E-state index contributed by atoms with van der Waals surface area (Å²) >= 11 is 0. The van der Waals surface area contributed by atoms with E-state index in [2.05, 4.69) is 11.8 Å². The van der Waals surface area contributed by atoms with Crippen LogP contribution < -0.4 is 0 Å². The minimum atomic E-state index is -0.920. The Morgan fingerprint density at radius 2 is 1.94 bits per heavy atom. The lowest BCUT2D eigenvalue weighted by Crippen LogP contribution is -2.40. The number of carbonyl (C=O) groups excluding carboxylic acids is 1. The number of amides is 1. The SMILES string of the molecule is O=C(C#CC(O)c1ccccc1)N1CCOCC1. The van der Waals surface area contributed by atoms with E-state index in [0.717, 1.165) is 0 Å². The molecule has 1 amide bonds. The van der Waals surface area contributed by atoms with E-state index in [4.69, 9.17) is 4.74 Å². The molecule has 1 atom stereocenters. The molecule has 1 aromatic carbocycles. The summed E-state index contributed by atoms with van der Waals surface area (Å²) in [4.78, 5) is 13.4. The summed E-state index contributed by atoms with van der Waals surface area (Å²) in [6, 6.07) is 9.06. The molecule has 18 heavy (non-hydrogen) atoms. The third-order valence-electron chi connectivity index (χ3n) is 2.73. The Kier molecular flexibility index (Phi) is 4.35. The van der Waals surface area contributed by atoms with Crippen LogP contribution in [-0.2, 0) is 9.53 Å². The van der Waals surface area contributed by atoms with Crippen molar-refractivity contribution in [1.29, 1.82) is 0 Å². The molecule has 0 bridgehead atoms. The zero-order valence-corrected chi connectivity index (χ0v) is 10.0. The van der Waals surface area contributed by atoms with Crippen molar-refractivity contribution in [3.63, 3.8) is 0 Å². The number of nitrogens with zero attached hydrogens (tertiary/aromatic N) is 1. The summed E-state index contributed by atoms with van der Waals surface area (Å²) in [6.45, 7) is 2.23. The Bertz CT molecular complexity index is 455. The van der Waals surface area contributed by atoms with Gasteiger partial charge in [0.25, 0.3) is 5.91 Å². The maximum absolute atomic E-state index is 11.7. The number of hydrogen-bond donors (Lipinski definition) is 1. The van der Waals surface area contributed by atoms with Crippen molar-refractivity contribution in [2.24, 2.45) is 0 Å². The summed E-state index contributed by atoms with van der Waals surface area (Å²) in [5, 5.41) is 9.80. The smallest absolute Gasteiger partial charge is 0.298 e. The van der Waals surface area contributed by atoms with Gasteiger partial charge in [0.2, 0.25) is 0 Å². The van der Waals surface area contributed by atoms with Crippen LogP contribution in [0.2, 0.25) is 0 Å². The maximum Gasteiger partial charge on any atom is 0.298 e. The van der Waals surface area contributed by atoms with Gasteiger partial charge in [-0.15, -0.1) is 0 Å². The van der Waals surface area contributed by atoms with Crippen molar-refractivity contribution < 1.29 is 14.6 Å². The fourth-order valence-corrected chi connectivity index (χ4v) is 1.69. The molecule has 1 unspecified atom stereocenters. The van der Waals surface area contributed by atoms with Crippen LogP contribution in [0.4, 0.5) is 0 Å². The van der Waals surface area contributed by atoms with Crippen LogP contribution in [0.3, 0.4) is 0 Å². The third kappa shape index (κ3) is 3.33. The van der Waals surface area contributed by atoms with Gasteiger partial charge in [-0.1, -0.05) is 36.3 Å². The number of morpholine rings is 1. The number of ether oxygens (including phenoxy) is 1. The first-order valence-corrected chi connectivity index (χ1v) is 5.88. The summed E-state index contributed by atoms with van der Waals surface area (Å²) < 4.78 is 5.15. The lowest BCUT2D eigenvalue weighted by Gasteiger charge is -2.24. The lowest BCUT2D eigenvalue weighted by atomic mass is 10.1. The van der Waals surface area contributed by atoms with Crippen LogP contribution in [0.25, 0.3) is 0 Å². The largest absolute Gasteiger partial charge is 0.378 e. The number of hydrogen-bond acceptors (Lipinski definition) is 3. The fourth-order valence-electron chi connectivity index (χ4n) is 1.69. The molecule has 0 spiro atoms. The minimum Gasteiger partial charge on any atom is -0.378 e. The van der Waals surface area contributed by atoms with Crippen LogP contribution in [0.5, 0.6) is 0 Å². The van der Waals surface area contributed by atoms with Crippen molar-refractivity contribution >= 4 is 5.91 Å². The normalized spacial score (nSPS) is 16.6. The molecule has 0 saturated carbocycles. The Balaban J connectivity index is 1.96. The summed E-state index contributed by atoms with van der Waals surface area (Å²) in [7, 11) is 0. The average molecular weight is 245 g/mol. The number of benzene rings is 1. The first kappa shape index (κ1) is 12.6. The van der Waals surface area contributed by atoms with Gasteiger partial charge in [-0.3, -0.25) is 4.79 Å². The Labute approximate surface area is 106 Å². The third-order valence-corrected chi connectivity index (χ3v) is 2.73. The van der Waals surface area contributed by atoms with E-state index in [1.54, 1.807) is 17.0 Å². The highest BCUT2D eigenvalue weighted by molar-refractivity contribution is 5.93. The Morgan fingerprint density at radius 1 is 1.28 bits per heavy atom. The van der Waals surface area contributed by atoms with Crippen LogP contribution in [-0.4, -0.2) is 42.2 Å². The number of rotatable bonds is 1. The van der Waals surface area contributed by atoms with Gasteiger partial charge in [-0.05, 0) is 11.5 Å².